The molecule has 0 aliphatic heterocycles. The van der Waals surface area contributed by atoms with Crippen molar-refractivity contribution in [3.05, 3.63) is 54.1 Å². The number of nitrogens with zero attached hydrogens (tertiary/aromatic N) is 2. The predicted octanol–water partition coefficient (Wildman–Crippen LogP) is 1.48. The number of aromatic nitrogens is 2. The quantitative estimate of drug-likeness (QED) is 0.619. The van der Waals surface area contributed by atoms with Crippen LogP contribution >= 0.6 is 0 Å². The maximum Gasteiger partial charge on any atom is 0.170 e. The molecule has 1 aromatic carbocycles. The van der Waals surface area contributed by atoms with Crippen molar-refractivity contribution in [3.8, 4) is 0 Å². The van der Waals surface area contributed by atoms with Crippen LogP contribution in [0.2, 0.25) is 0 Å². The Morgan fingerprint density at radius 3 is 2.38 bits per heavy atom. The summed E-state index contributed by atoms with van der Waals surface area (Å²) in [5.41, 5.74) is 7.72. The van der Waals surface area contributed by atoms with Gasteiger partial charge >= 0.3 is 0 Å². The Kier molecular flexibility index (Phi) is 2.91. The zero-order chi connectivity index (χ0) is 11.4. The van der Waals surface area contributed by atoms with E-state index in [-0.39, 0.29) is 5.78 Å². The second-order valence-electron chi connectivity index (χ2n) is 3.47. The van der Waals surface area contributed by atoms with Crippen LogP contribution in [0.15, 0.2) is 43.0 Å². The van der Waals surface area contributed by atoms with Crippen molar-refractivity contribution < 1.29 is 4.79 Å². The summed E-state index contributed by atoms with van der Waals surface area (Å²) in [7, 11) is 0. The molecule has 1 heterocycles. The van der Waals surface area contributed by atoms with Gasteiger partial charge in [-0.2, -0.15) is 0 Å². The molecule has 4 heteroatoms. The van der Waals surface area contributed by atoms with Gasteiger partial charge in [-0.15, -0.1) is 0 Å². The van der Waals surface area contributed by atoms with E-state index in [2.05, 4.69) is 9.97 Å². The Labute approximate surface area is 93.2 Å². The molecular formula is C12H11N3O. The molecule has 0 bridgehead atoms. The molecule has 0 spiro atoms. The van der Waals surface area contributed by atoms with Crippen molar-refractivity contribution >= 4 is 11.5 Å². The minimum absolute atomic E-state index is 0.00497. The summed E-state index contributed by atoms with van der Waals surface area (Å²) in [6, 6.07) is 7.25. The Morgan fingerprint density at radius 2 is 1.75 bits per heavy atom. The molecular weight excluding hydrogens is 202 g/mol. The lowest BCUT2D eigenvalue weighted by Crippen LogP contribution is -2.04. The first kappa shape index (κ1) is 10.3. The average Bonchev–Trinajstić information content (AvgIpc) is 2.33. The highest BCUT2D eigenvalue weighted by Crippen LogP contribution is 2.08. The number of nitrogens with two attached hydrogens (primary N) is 1. The third-order valence-electron chi connectivity index (χ3n) is 2.23. The molecule has 80 valence electrons. The molecule has 2 aromatic rings. The summed E-state index contributed by atoms with van der Waals surface area (Å²) in [6.45, 7) is 0. The second-order valence-corrected chi connectivity index (χ2v) is 3.47. The number of nitrogen functional groups attached to an aromatic ring is 1. The second kappa shape index (κ2) is 4.53. The number of hydrogen-bond donors (Lipinski definition) is 1. The van der Waals surface area contributed by atoms with E-state index in [1.807, 2.05) is 12.1 Å². The van der Waals surface area contributed by atoms with Crippen molar-refractivity contribution in [2.45, 2.75) is 6.42 Å². The van der Waals surface area contributed by atoms with E-state index in [1.54, 1.807) is 12.1 Å². The number of rotatable bonds is 3. The lowest BCUT2D eigenvalue weighted by molar-refractivity contribution is 0.0992. The first-order valence-electron chi connectivity index (χ1n) is 4.88. The Bertz CT molecular complexity index is 479. The van der Waals surface area contributed by atoms with Crippen LogP contribution in [0.1, 0.15) is 15.9 Å². The summed E-state index contributed by atoms with van der Waals surface area (Å²) in [4.78, 5) is 19.4. The highest BCUT2D eigenvalue weighted by molar-refractivity contribution is 5.96. The van der Waals surface area contributed by atoms with E-state index in [0.717, 1.165) is 5.56 Å². The van der Waals surface area contributed by atoms with Crippen molar-refractivity contribution in [1.29, 1.82) is 0 Å². The highest BCUT2D eigenvalue weighted by atomic mass is 16.1. The highest BCUT2D eigenvalue weighted by Gasteiger charge is 2.06. The molecule has 0 saturated carbocycles. The number of carbonyl (C=O) groups excluding carboxylic acids is 1. The molecule has 0 atom stereocenters. The van der Waals surface area contributed by atoms with E-state index in [4.69, 9.17) is 5.73 Å². The van der Waals surface area contributed by atoms with Crippen LogP contribution in [0.25, 0.3) is 0 Å². The number of hydrogen-bond acceptors (Lipinski definition) is 4. The summed E-state index contributed by atoms with van der Waals surface area (Å²) >= 11 is 0. The van der Waals surface area contributed by atoms with E-state index in [1.165, 1.54) is 18.7 Å². The van der Waals surface area contributed by atoms with Crippen molar-refractivity contribution in [2.75, 3.05) is 5.73 Å². The maximum atomic E-state index is 11.8. The van der Waals surface area contributed by atoms with Gasteiger partial charge in [0.2, 0.25) is 0 Å². The van der Waals surface area contributed by atoms with Gasteiger partial charge in [0.15, 0.2) is 5.78 Å². The SMILES string of the molecule is Nc1ccc(CC(=O)c2cncnc2)cc1. The largest absolute Gasteiger partial charge is 0.399 e. The lowest BCUT2D eigenvalue weighted by atomic mass is 10.1. The van der Waals surface area contributed by atoms with Crippen molar-refractivity contribution in [1.82, 2.24) is 9.97 Å². The van der Waals surface area contributed by atoms with Gasteiger partial charge < -0.3 is 5.73 Å². The molecule has 16 heavy (non-hydrogen) atoms. The maximum absolute atomic E-state index is 11.8. The topological polar surface area (TPSA) is 68.9 Å². The minimum Gasteiger partial charge on any atom is -0.399 e. The Hall–Kier alpha value is -2.23. The number of Topliss-reactive ketones (excluding diaryl/α,β-unsaturated/α-hetero) is 1. The lowest BCUT2D eigenvalue weighted by Gasteiger charge is -2.01. The third kappa shape index (κ3) is 2.42. The molecule has 1 aromatic heterocycles. The predicted molar refractivity (Wildman–Crippen MR) is 60.9 cm³/mol. The van der Waals surface area contributed by atoms with Gasteiger partial charge in [0.25, 0.3) is 0 Å². The molecule has 2 rings (SSSR count). The number of benzene rings is 1. The molecule has 0 radical (unpaired) electrons. The fourth-order valence-electron chi connectivity index (χ4n) is 1.37. The Balaban J connectivity index is 2.11. The van der Waals surface area contributed by atoms with Crippen LogP contribution < -0.4 is 5.73 Å². The van der Waals surface area contributed by atoms with Crippen LogP contribution in [-0.2, 0) is 6.42 Å². The van der Waals surface area contributed by atoms with E-state index >= 15 is 0 Å². The van der Waals surface area contributed by atoms with E-state index in [9.17, 15) is 4.79 Å². The van der Waals surface area contributed by atoms with Gasteiger partial charge in [0.05, 0.1) is 5.56 Å². The van der Waals surface area contributed by atoms with Crippen LogP contribution in [0.5, 0.6) is 0 Å². The number of ketones is 1. The fourth-order valence-corrected chi connectivity index (χ4v) is 1.37. The third-order valence-corrected chi connectivity index (χ3v) is 2.23. The molecule has 0 amide bonds. The van der Waals surface area contributed by atoms with Gasteiger partial charge in [-0.25, -0.2) is 9.97 Å². The normalized spacial score (nSPS) is 10.0. The molecule has 0 aliphatic carbocycles. The summed E-state index contributed by atoms with van der Waals surface area (Å²) in [6.07, 6.45) is 4.78. The molecule has 4 nitrogen and oxygen atoms in total. The number of anilines is 1. The molecule has 2 N–H and O–H groups in total. The monoisotopic (exact) mass is 213 g/mol. The summed E-state index contributed by atoms with van der Waals surface area (Å²) < 4.78 is 0. The van der Waals surface area contributed by atoms with Gasteiger partial charge in [-0.05, 0) is 17.7 Å². The summed E-state index contributed by atoms with van der Waals surface area (Å²) in [5.74, 6) is 0.00497. The fraction of sp³-hybridized carbons (Fsp3) is 0.0833. The van der Waals surface area contributed by atoms with Gasteiger partial charge in [0, 0.05) is 24.5 Å². The molecule has 0 aliphatic rings. The first-order chi connectivity index (χ1) is 7.75. The van der Waals surface area contributed by atoms with Crippen molar-refractivity contribution in [2.24, 2.45) is 0 Å². The van der Waals surface area contributed by atoms with Crippen LogP contribution in [0, 0.1) is 0 Å². The number of carbonyl (C=O) groups is 1. The molecule has 0 unspecified atom stereocenters. The van der Waals surface area contributed by atoms with Crippen LogP contribution in [0.3, 0.4) is 0 Å². The first-order valence-corrected chi connectivity index (χ1v) is 4.88. The molecule has 0 fully saturated rings. The zero-order valence-electron chi connectivity index (χ0n) is 8.63. The van der Waals surface area contributed by atoms with Crippen molar-refractivity contribution in [3.63, 3.8) is 0 Å². The van der Waals surface area contributed by atoms with Gasteiger partial charge in [-0.1, -0.05) is 12.1 Å². The molecule has 0 saturated heterocycles. The average molecular weight is 213 g/mol. The van der Waals surface area contributed by atoms with Crippen LogP contribution in [-0.4, -0.2) is 15.8 Å². The van der Waals surface area contributed by atoms with Gasteiger partial charge in [-0.3, -0.25) is 4.79 Å². The van der Waals surface area contributed by atoms with E-state index in [0.29, 0.717) is 17.7 Å². The van der Waals surface area contributed by atoms with Crippen LogP contribution in [0.4, 0.5) is 5.69 Å². The Morgan fingerprint density at radius 1 is 1.12 bits per heavy atom. The standard InChI is InChI=1S/C12H11N3O/c13-11-3-1-9(2-4-11)5-12(16)10-6-14-8-15-7-10/h1-4,6-8H,5,13H2. The van der Waals surface area contributed by atoms with E-state index < -0.39 is 0 Å². The summed E-state index contributed by atoms with van der Waals surface area (Å²) in [5, 5.41) is 0. The smallest absolute Gasteiger partial charge is 0.170 e. The van der Waals surface area contributed by atoms with Gasteiger partial charge in [0.1, 0.15) is 6.33 Å². The minimum atomic E-state index is 0.00497. The zero-order valence-corrected chi connectivity index (χ0v) is 8.63.